The molecule has 2 N–H and O–H groups in total. The number of amides is 1. The quantitative estimate of drug-likeness (QED) is 0.841. The Morgan fingerprint density at radius 1 is 1.57 bits per heavy atom. The number of aromatic nitrogens is 3. The molecule has 2 aromatic rings. The molecule has 1 aliphatic heterocycles. The first-order valence-electron chi connectivity index (χ1n) is 6.85. The minimum Gasteiger partial charge on any atom is -0.480 e. The van der Waals surface area contributed by atoms with E-state index in [1.165, 1.54) is 0 Å². The number of rotatable bonds is 4. The number of carbonyl (C=O) groups excluding carboxylic acids is 1. The van der Waals surface area contributed by atoms with E-state index in [0.717, 1.165) is 11.3 Å². The van der Waals surface area contributed by atoms with E-state index in [9.17, 15) is 4.79 Å². The predicted octanol–water partition coefficient (Wildman–Crippen LogP) is 1.58. The zero-order valence-corrected chi connectivity index (χ0v) is 12.4. The number of nitrogens with one attached hydrogen (secondary N) is 2. The SMILES string of the molecule is CCn1c(CNC(=O)[C@H]2Cc3ccccc3O2)n[nH]c1=S. The second kappa shape index (κ2) is 5.69. The fourth-order valence-electron chi connectivity index (χ4n) is 2.42. The maximum Gasteiger partial charge on any atom is 0.261 e. The minimum atomic E-state index is -0.473. The summed E-state index contributed by atoms with van der Waals surface area (Å²) in [5.41, 5.74) is 1.06. The summed E-state index contributed by atoms with van der Waals surface area (Å²) in [6.07, 6.45) is 0.127. The number of aromatic amines is 1. The number of nitrogens with zero attached hydrogens (tertiary/aromatic N) is 2. The molecule has 0 unspecified atom stereocenters. The normalized spacial score (nSPS) is 16.3. The van der Waals surface area contributed by atoms with Crippen LogP contribution in [0.4, 0.5) is 0 Å². The van der Waals surface area contributed by atoms with Crippen molar-refractivity contribution in [2.75, 3.05) is 0 Å². The molecule has 6 nitrogen and oxygen atoms in total. The van der Waals surface area contributed by atoms with Crippen molar-refractivity contribution in [1.29, 1.82) is 0 Å². The number of carbonyl (C=O) groups is 1. The van der Waals surface area contributed by atoms with Crippen molar-refractivity contribution in [2.45, 2.75) is 32.5 Å². The van der Waals surface area contributed by atoms with Crippen LogP contribution in [-0.2, 0) is 24.3 Å². The molecular weight excluding hydrogens is 288 g/mol. The van der Waals surface area contributed by atoms with Gasteiger partial charge in [0.15, 0.2) is 16.7 Å². The molecule has 1 aromatic heterocycles. The molecule has 3 rings (SSSR count). The fourth-order valence-corrected chi connectivity index (χ4v) is 2.70. The Hall–Kier alpha value is -2.15. The molecule has 0 saturated heterocycles. The van der Waals surface area contributed by atoms with Gasteiger partial charge in [0, 0.05) is 13.0 Å². The van der Waals surface area contributed by atoms with Crippen LogP contribution < -0.4 is 10.1 Å². The Bertz CT molecular complexity index is 697. The lowest BCUT2D eigenvalue weighted by Crippen LogP contribution is -2.37. The first kappa shape index (κ1) is 13.8. The van der Waals surface area contributed by atoms with Gasteiger partial charge in [-0.15, -0.1) is 0 Å². The third-order valence-electron chi connectivity index (χ3n) is 3.51. The molecule has 0 spiro atoms. The van der Waals surface area contributed by atoms with Crippen LogP contribution in [0, 0.1) is 4.77 Å². The van der Waals surface area contributed by atoms with Gasteiger partial charge in [-0.25, -0.2) is 0 Å². The lowest BCUT2D eigenvalue weighted by Gasteiger charge is -2.11. The Morgan fingerprint density at radius 2 is 2.38 bits per heavy atom. The van der Waals surface area contributed by atoms with E-state index in [2.05, 4.69) is 15.5 Å². The standard InChI is InChI=1S/C14H16N4O2S/c1-2-18-12(16-17-14(18)21)8-15-13(19)11-7-9-5-3-4-6-10(9)20-11/h3-6,11H,2,7-8H2,1H3,(H,15,19)(H,17,21)/t11-/m1/s1. The molecule has 0 bridgehead atoms. The van der Waals surface area contributed by atoms with Gasteiger partial charge in [0.25, 0.3) is 5.91 Å². The van der Waals surface area contributed by atoms with Crippen molar-refractivity contribution in [3.8, 4) is 5.75 Å². The van der Waals surface area contributed by atoms with Crippen molar-refractivity contribution < 1.29 is 9.53 Å². The number of ether oxygens (including phenoxy) is 1. The number of hydrogen-bond donors (Lipinski definition) is 2. The summed E-state index contributed by atoms with van der Waals surface area (Å²) in [4.78, 5) is 12.2. The maximum absolute atomic E-state index is 12.2. The van der Waals surface area contributed by atoms with Gasteiger partial charge >= 0.3 is 0 Å². The highest BCUT2D eigenvalue weighted by atomic mass is 32.1. The Kier molecular flexibility index (Phi) is 3.74. The van der Waals surface area contributed by atoms with Gasteiger partial charge in [0.1, 0.15) is 5.75 Å². The van der Waals surface area contributed by atoms with Gasteiger partial charge in [-0.2, -0.15) is 5.10 Å². The molecule has 0 saturated carbocycles. The maximum atomic E-state index is 12.2. The first-order valence-corrected chi connectivity index (χ1v) is 7.26. The zero-order chi connectivity index (χ0) is 14.8. The molecule has 2 heterocycles. The van der Waals surface area contributed by atoms with E-state index in [1.807, 2.05) is 35.8 Å². The van der Waals surface area contributed by atoms with Crippen molar-refractivity contribution in [2.24, 2.45) is 0 Å². The van der Waals surface area contributed by atoms with Gasteiger partial charge in [0.2, 0.25) is 0 Å². The van der Waals surface area contributed by atoms with E-state index in [0.29, 0.717) is 30.1 Å². The highest BCUT2D eigenvalue weighted by Gasteiger charge is 2.28. The Labute approximate surface area is 127 Å². The molecule has 1 aromatic carbocycles. The monoisotopic (exact) mass is 304 g/mol. The molecule has 1 aliphatic rings. The smallest absolute Gasteiger partial charge is 0.261 e. The van der Waals surface area contributed by atoms with E-state index in [4.69, 9.17) is 17.0 Å². The predicted molar refractivity (Wildman–Crippen MR) is 79.5 cm³/mol. The highest BCUT2D eigenvalue weighted by molar-refractivity contribution is 7.71. The number of hydrogen-bond acceptors (Lipinski definition) is 4. The van der Waals surface area contributed by atoms with Gasteiger partial charge < -0.3 is 14.6 Å². The number of benzene rings is 1. The molecule has 1 atom stereocenters. The van der Waals surface area contributed by atoms with Crippen LogP contribution in [0.3, 0.4) is 0 Å². The molecule has 0 fully saturated rings. The van der Waals surface area contributed by atoms with E-state index in [-0.39, 0.29) is 5.91 Å². The topological polar surface area (TPSA) is 71.9 Å². The third kappa shape index (κ3) is 2.69. The second-order valence-electron chi connectivity index (χ2n) is 4.83. The summed E-state index contributed by atoms with van der Waals surface area (Å²) in [6.45, 7) is 3.02. The average molecular weight is 304 g/mol. The Balaban J connectivity index is 1.62. The lowest BCUT2D eigenvalue weighted by molar-refractivity contribution is -0.127. The third-order valence-corrected chi connectivity index (χ3v) is 3.83. The van der Waals surface area contributed by atoms with Crippen LogP contribution in [0.5, 0.6) is 5.75 Å². The first-order chi connectivity index (χ1) is 10.2. The van der Waals surface area contributed by atoms with Gasteiger partial charge in [-0.3, -0.25) is 9.89 Å². The summed E-state index contributed by atoms with van der Waals surface area (Å²) in [5.74, 6) is 1.36. The van der Waals surface area contributed by atoms with E-state index in [1.54, 1.807) is 0 Å². The van der Waals surface area contributed by atoms with Crippen LogP contribution in [0.25, 0.3) is 0 Å². The molecular formula is C14H16N4O2S. The number of para-hydroxylation sites is 1. The second-order valence-corrected chi connectivity index (χ2v) is 5.21. The van der Waals surface area contributed by atoms with Crippen molar-refractivity contribution in [1.82, 2.24) is 20.1 Å². The summed E-state index contributed by atoms with van der Waals surface area (Å²) < 4.78 is 8.06. The van der Waals surface area contributed by atoms with E-state index >= 15 is 0 Å². The fraction of sp³-hybridized carbons (Fsp3) is 0.357. The molecule has 0 radical (unpaired) electrons. The van der Waals surface area contributed by atoms with E-state index < -0.39 is 6.10 Å². The molecule has 1 amide bonds. The van der Waals surface area contributed by atoms with Crippen LogP contribution in [-0.4, -0.2) is 26.8 Å². The molecule has 21 heavy (non-hydrogen) atoms. The molecule has 7 heteroatoms. The van der Waals surface area contributed by atoms with Crippen molar-refractivity contribution in [3.05, 3.63) is 40.4 Å². The molecule has 110 valence electrons. The largest absolute Gasteiger partial charge is 0.480 e. The number of fused-ring (bicyclic) bond motifs is 1. The molecule has 0 aliphatic carbocycles. The summed E-state index contributed by atoms with van der Waals surface area (Å²) in [7, 11) is 0. The van der Waals surface area contributed by atoms with Crippen LogP contribution in [0.2, 0.25) is 0 Å². The number of H-pyrrole nitrogens is 1. The van der Waals surface area contributed by atoms with Crippen LogP contribution >= 0.6 is 12.2 Å². The zero-order valence-electron chi connectivity index (χ0n) is 11.6. The van der Waals surface area contributed by atoms with Gasteiger partial charge in [0.05, 0.1) is 6.54 Å². The summed E-state index contributed by atoms with van der Waals surface area (Å²) in [5, 5.41) is 9.69. The van der Waals surface area contributed by atoms with Crippen molar-refractivity contribution >= 4 is 18.1 Å². The highest BCUT2D eigenvalue weighted by Crippen LogP contribution is 2.28. The lowest BCUT2D eigenvalue weighted by atomic mass is 10.1. The van der Waals surface area contributed by atoms with Crippen LogP contribution in [0.1, 0.15) is 18.3 Å². The van der Waals surface area contributed by atoms with Gasteiger partial charge in [-0.1, -0.05) is 18.2 Å². The van der Waals surface area contributed by atoms with Gasteiger partial charge in [-0.05, 0) is 30.8 Å². The average Bonchev–Trinajstić information content (AvgIpc) is 3.07. The Morgan fingerprint density at radius 3 is 3.14 bits per heavy atom. The summed E-state index contributed by atoms with van der Waals surface area (Å²) >= 11 is 5.11. The summed E-state index contributed by atoms with van der Waals surface area (Å²) in [6, 6.07) is 7.70. The van der Waals surface area contributed by atoms with Crippen molar-refractivity contribution in [3.63, 3.8) is 0 Å². The van der Waals surface area contributed by atoms with Crippen LogP contribution in [0.15, 0.2) is 24.3 Å². The minimum absolute atomic E-state index is 0.136.